The molecule has 0 amide bonds. The Morgan fingerprint density at radius 3 is 2.46 bits per heavy atom. The molecule has 28 heavy (non-hydrogen) atoms. The molecule has 3 heterocycles. The molecule has 1 aliphatic heterocycles. The zero-order valence-electron chi connectivity index (χ0n) is 17.7. The van der Waals surface area contributed by atoms with Crippen LogP contribution in [0.4, 0.5) is 0 Å². The molecule has 150 valence electrons. The molecule has 4 rings (SSSR count). The summed E-state index contributed by atoms with van der Waals surface area (Å²) in [5, 5.41) is 5.37. The predicted molar refractivity (Wildman–Crippen MR) is 115 cm³/mol. The summed E-state index contributed by atoms with van der Waals surface area (Å²) in [6.45, 7) is 8.60. The lowest BCUT2D eigenvalue weighted by molar-refractivity contribution is 0.197. The van der Waals surface area contributed by atoms with Gasteiger partial charge in [-0.1, -0.05) is 57.7 Å². The van der Waals surface area contributed by atoms with Gasteiger partial charge in [-0.15, -0.1) is 0 Å². The largest absolute Gasteiger partial charge is 0.444 e. The standard InChI is InChI=1S/C24H33N3O/c1-5-7-13-24(14-8-6-2)22-19(18-11-9-10-12-20(18)26-22)15-21(27-24)23-25-16(3)17(4)28-23/h9-12,21,26-27H,5-8,13-15H2,1-4H3/t21-/m1/s1. The van der Waals surface area contributed by atoms with Crippen molar-refractivity contribution in [1.82, 2.24) is 15.3 Å². The van der Waals surface area contributed by atoms with E-state index in [1.807, 2.05) is 13.8 Å². The number of unbranched alkanes of at least 4 members (excludes halogenated alkanes) is 2. The number of nitrogens with one attached hydrogen (secondary N) is 2. The Hall–Kier alpha value is -2.07. The summed E-state index contributed by atoms with van der Waals surface area (Å²) in [5.74, 6) is 1.76. The van der Waals surface area contributed by atoms with E-state index in [4.69, 9.17) is 9.40 Å². The second-order valence-electron chi connectivity index (χ2n) is 8.41. The summed E-state index contributed by atoms with van der Waals surface area (Å²) >= 11 is 0. The monoisotopic (exact) mass is 379 g/mol. The van der Waals surface area contributed by atoms with Crippen LogP contribution in [0.5, 0.6) is 0 Å². The van der Waals surface area contributed by atoms with Crippen molar-refractivity contribution in [3.8, 4) is 0 Å². The molecule has 2 N–H and O–H groups in total. The first-order chi connectivity index (χ1) is 13.6. The number of aromatic nitrogens is 2. The smallest absolute Gasteiger partial charge is 0.212 e. The maximum Gasteiger partial charge on any atom is 0.212 e. The third-order valence-electron chi connectivity index (χ3n) is 6.41. The lowest BCUT2D eigenvalue weighted by atomic mass is 9.77. The van der Waals surface area contributed by atoms with Gasteiger partial charge in [0.15, 0.2) is 0 Å². The molecule has 1 atom stereocenters. The molecule has 0 bridgehead atoms. The number of benzene rings is 1. The molecular formula is C24H33N3O. The van der Waals surface area contributed by atoms with E-state index in [2.05, 4.69) is 48.4 Å². The molecule has 0 aliphatic carbocycles. The van der Waals surface area contributed by atoms with Crippen LogP contribution in [0.15, 0.2) is 28.7 Å². The van der Waals surface area contributed by atoms with Gasteiger partial charge in [0.2, 0.25) is 5.89 Å². The van der Waals surface area contributed by atoms with Crippen molar-refractivity contribution in [3.63, 3.8) is 0 Å². The number of para-hydroxylation sites is 1. The van der Waals surface area contributed by atoms with Gasteiger partial charge < -0.3 is 9.40 Å². The SMILES string of the molecule is CCCCC1(CCCC)N[C@@H](c2nc(C)c(C)o2)Cc2c1[nH]c1ccccc21. The summed E-state index contributed by atoms with van der Waals surface area (Å²) in [5.41, 5.74) is 5.03. The number of rotatable bonds is 7. The Kier molecular flexibility index (Phi) is 5.33. The lowest BCUT2D eigenvalue weighted by Crippen LogP contribution is -2.49. The van der Waals surface area contributed by atoms with E-state index >= 15 is 0 Å². The second kappa shape index (κ2) is 7.75. The van der Waals surface area contributed by atoms with Crippen LogP contribution in [-0.4, -0.2) is 9.97 Å². The van der Waals surface area contributed by atoms with E-state index in [9.17, 15) is 0 Å². The Labute approximate surface area is 168 Å². The Bertz CT molecular complexity index is 925. The lowest BCUT2D eigenvalue weighted by Gasteiger charge is -2.42. The van der Waals surface area contributed by atoms with Crippen molar-refractivity contribution in [3.05, 3.63) is 52.9 Å². The van der Waals surface area contributed by atoms with Crippen LogP contribution < -0.4 is 5.32 Å². The quantitative estimate of drug-likeness (QED) is 0.511. The predicted octanol–water partition coefficient (Wildman–Crippen LogP) is 6.24. The number of hydrogen-bond donors (Lipinski definition) is 2. The molecule has 1 aromatic carbocycles. The first-order valence-corrected chi connectivity index (χ1v) is 10.9. The first kappa shape index (κ1) is 19.3. The van der Waals surface area contributed by atoms with Crippen LogP contribution in [0.1, 0.15) is 87.0 Å². The molecule has 0 spiro atoms. The average Bonchev–Trinajstić information content (AvgIpc) is 3.25. The zero-order chi connectivity index (χ0) is 19.7. The summed E-state index contributed by atoms with van der Waals surface area (Å²) < 4.78 is 6.08. The summed E-state index contributed by atoms with van der Waals surface area (Å²) in [6.07, 6.45) is 8.01. The van der Waals surface area contributed by atoms with Crippen LogP contribution in [-0.2, 0) is 12.0 Å². The average molecular weight is 380 g/mol. The minimum absolute atomic E-state index is 0.0421. The van der Waals surface area contributed by atoms with Gasteiger partial charge in [0, 0.05) is 16.6 Å². The van der Waals surface area contributed by atoms with Gasteiger partial charge in [-0.05, 0) is 44.7 Å². The molecule has 0 saturated carbocycles. The van der Waals surface area contributed by atoms with Gasteiger partial charge in [0.1, 0.15) is 5.76 Å². The number of hydrogen-bond acceptors (Lipinski definition) is 3. The fourth-order valence-electron chi connectivity index (χ4n) is 4.75. The summed E-state index contributed by atoms with van der Waals surface area (Å²) in [4.78, 5) is 8.56. The van der Waals surface area contributed by atoms with Crippen molar-refractivity contribution < 1.29 is 4.42 Å². The van der Waals surface area contributed by atoms with E-state index in [0.29, 0.717) is 0 Å². The van der Waals surface area contributed by atoms with Gasteiger partial charge in [0.25, 0.3) is 0 Å². The fraction of sp³-hybridized carbons (Fsp3) is 0.542. The number of fused-ring (bicyclic) bond motifs is 3. The topological polar surface area (TPSA) is 53.9 Å². The van der Waals surface area contributed by atoms with Gasteiger partial charge in [-0.3, -0.25) is 5.32 Å². The third-order valence-corrected chi connectivity index (χ3v) is 6.41. The zero-order valence-corrected chi connectivity index (χ0v) is 17.7. The number of H-pyrrole nitrogens is 1. The highest BCUT2D eigenvalue weighted by atomic mass is 16.4. The van der Waals surface area contributed by atoms with Crippen LogP contribution >= 0.6 is 0 Å². The van der Waals surface area contributed by atoms with Gasteiger partial charge >= 0.3 is 0 Å². The van der Waals surface area contributed by atoms with Crippen LogP contribution in [0, 0.1) is 13.8 Å². The number of oxazole rings is 1. The van der Waals surface area contributed by atoms with Crippen molar-refractivity contribution in [2.24, 2.45) is 0 Å². The van der Waals surface area contributed by atoms with Gasteiger partial charge in [-0.2, -0.15) is 0 Å². The Balaban J connectivity index is 1.85. The number of aryl methyl sites for hydroxylation is 2. The van der Waals surface area contributed by atoms with E-state index < -0.39 is 0 Å². The number of aromatic amines is 1. The highest BCUT2D eigenvalue weighted by Crippen LogP contribution is 2.44. The third kappa shape index (κ3) is 3.28. The first-order valence-electron chi connectivity index (χ1n) is 10.9. The number of nitrogens with zero attached hydrogens (tertiary/aromatic N) is 1. The van der Waals surface area contributed by atoms with Crippen LogP contribution in [0.25, 0.3) is 10.9 Å². The molecular weight excluding hydrogens is 346 g/mol. The van der Waals surface area contributed by atoms with Gasteiger partial charge in [0.05, 0.1) is 17.3 Å². The molecule has 0 saturated heterocycles. The maximum absolute atomic E-state index is 6.08. The minimum atomic E-state index is -0.0421. The molecule has 3 aromatic rings. The van der Waals surface area contributed by atoms with Crippen molar-refractivity contribution in [1.29, 1.82) is 0 Å². The van der Waals surface area contributed by atoms with Crippen molar-refractivity contribution in [2.75, 3.05) is 0 Å². The Morgan fingerprint density at radius 1 is 1.11 bits per heavy atom. The van der Waals surface area contributed by atoms with Crippen molar-refractivity contribution in [2.45, 2.75) is 84.2 Å². The summed E-state index contributed by atoms with van der Waals surface area (Å²) in [6, 6.07) is 8.84. The molecule has 1 aliphatic rings. The van der Waals surface area contributed by atoms with Gasteiger partial charge in [-0.25, -0.2) is 4.98 Å². The highest BCUT2D eigenvalue weighted by Gasteiger charge is 2.42. The van der Waals surface area contributed by atoms with Crippen LogP contribution in [0.2, 0.25) is 0 Å². The Morgan fingerprint density at radius 2 is 1.82 bits per heavy atom. The normalized spacial score (nSPS) is 18.5. The minimum Gasteiger partial charge on any atom is -0.444 e. The molecule has 4 heteroatoms. The molecule has 0 unspecified atom stereocenters. The molecule has 2 aromatic heterocycles. The highest BCUT2D eigenvalue weighted by molar-refractivity contribution is 5.85. The van der Waals surface area contributed by atoms with Crippen molar-refractivity contribution >= 4 is 10.9 Å². The van der Waals surface area contributed by atoms with E-state index in [1.54, 1.807) is 0 Å². The molecule has 0 fully saturated rings. The maximum atomic E-state index is 6.08. The fourth-order valence-corrected chi connectivity index (χ4v) is 4.75. The van der Waals surface area contributed by atoms with E-state index in [-0.39, 0.29) is 11.6 Å². The van der Waals surface area contributed by atoms with Crippen LogP contribution in [0.3, 0.4) is 0 Å². The molecule has 0 radical (unpaired) electrons. The van der Waals surface area contributed by atoms with E-state index in [0.717, 1.165) is 36.6 Å². The second-order valence-corrected chi connectivity index (χ2v) is 8.41. The summed E-state index contributed by atoms with van der Waals surface area (Å²) in [7, 11) is 0. The van der Waals surface area contributed by atoms with E-state index in [1.165, 1.54) is 47.8 Å². The molecule has 4 nitrogen and oxygen atoms in total.